The van der Waals surface area contributed by atoms with Crippen LogP contribution >= 0.6 is 23.1 Å². The summed E-state index contributed by atoms with van der Waals surface area (Å²) in [6.45, 7) is 5.85. The number of nitrogens with one attached hydrogen (secondary N) is 1. The predicted molar refractivity (Wildman–Crippen MR) is 132 cm³/mol. The Hall–Kier alpha value is -2.39. The first-order valence-electron chi connectivity index (χ1n) is 12.2. The number of carboxylic acids is 1. The number of benzene rings is 1. The number of carbonyl (C=O) groups is 3. The molecule has 7 nitrogen and oxygen atoms in total. The Morgan fingerprint density at radius 3 is 2.40 bits per heavy atom. The lowest BCUT2D eigenvalue weighted by Crippen LogP contribution is -2.47. The molecule has 2 aromatic rings. The van der Waals surface area contributed by atoms with Crippen LogP contribution in [0, 0.1) is 42.4 Å². The first kappa shape index (κ1) is 23.0. The van der Waals surface area contributed by atoms with Gasteiger partial charge in [0.1, 0.15) is 6.04 Å². The molecule has 6 rings (SSSR count). The van der Waals surface area contributed by atoms with Crippen LogP contribution in [0.25, 0.3) is 0 Å². The number of aryl methyl sites for hydroxylation is 1. The van der Waals surface area contributed by atoms with E-state index in [1.54, 1.807) is 11.8 Å². The van der Waals surface area contributed by atoms with E-state index < -0.39 is 23.8 Å². The van der Waals surface area contributed by atoms with Gasteiger partial charge in [-0.25, -0.2) is 4.79 Å². The number of H-pyrrole nitrogens is 1. The zero-order chi connectivity index (χ0) is 24.8. The molecule has 2 bridgehead atoms. The molecule has 0 unspecified atom stereocenters. The van der Waals surface area contributed by atoms with Crippen molar-refractivity contribution in [3.05, 3.63) is 49.9 Å². The smallest absolute Gasteiger partial charge is 0.326 e. The van der Waals surface area contributed by atoms with Crippen molar-refractivity contribution in [2.75, 3.05) is 0 Å². The number of carbonyl (C=O) groups excluding carboxylic acids is 2. The molecular formula is C26H28N2O5S2. The van der Waals surface area contributed by atoms with E-state index in [9.17, 15) is 24.3 Å². The molecule has 8 atom stereocenters. The third-order valence-electron chi connectivity index (χ3n) is 8.49. The Kier molecular flexibility index (Phi) is 5.31. The molecule has 1 saturated heterocycles. The second kappa shape index (κ2) is 8.06. The number of aliphatic carboxylic acids is 1. The molecule has 2 saturated carbocycles. The standard InChI is InChI=1S/C26H28N2O5S2/c1-10(2)8-15(25(31)32)28-23(29)18-13-9-14(19(18)24(28)30)20-17(13)16(12-6-4-11(3)5-7-12)21-22(34-20)27-26(33)35-21/h4-7,10,13-20H,8-9H2,1-3H3,(H,27,33)(H,31,32)/t13-,14+,15-,16+,17-,18+,19-,20-/m1/s1. The maximum Gasteiger partial charge on any atom is 0.326 e. The lowest BCUT2D eigenvalue weighted by atomic mass is 9.68. The van der Waals surface area contributed by atoms with Gasteiger partial charge in [-0.2, -0.15) is 0 Å². The molecule has 1 aromatic heterocycles. The van der Waals surface area contributed by atoms with Gasteiger partial charge in [0.25, 0.3) is 0 Å². The van der Waals surface area contributed by atoms with E-state index in [1.807, 2.05) is 20.8 Å². The third kappa shape index (κ3) is 3.30. The molecule has 0 radical (unpaired) electrons. The molecule has 35 heavy (non-hydrogen) atoms. The number of thiazole rings is 1. The minimum absolute atomic E-state index is 0.000514. The fraction of sp³-hybridized carbons (Fsp3) is 0.538. The zero-order valence-electron chi connectivity index (χ0n) is 19.8. The summed E-state index contributed by atoms with van der Waals surface area (Å²) in [7, 11) is 0. The summed E-state index contributed by atoms with van der Waals surface area (Å²) in [4.78, 5) is 56.8. The van der Waals surface area contributed by atoms with Crippen LogP contribution in [-0.4, -0.2) is 44.1 Å². The third-order valence-corrected chi connectivity index (χ3v) is 11.1. The number of aromatic amines is 1. The lowest BCUT2D eigenvalue weighted by molar-refractivity contribution is -0.156. The lowest BCUT2D eigenvalue weighted by Gasteiger charge is -2.43. The molecule has 184 valence electrons. The second-order valence-electron chi connectivity index (χ2n) is 10.9. The van der Waals surface area contributed by atoms with Gasteiger partial charge in [-0.15, -0.1) is 11.8 Å². The largest absolute Gasteiger partial charge is 0.480 e. The van der Waals surface area contributed by atoms with Crippen LogP contribution in [0.3, 0.4) is 0 Å². The topological polar surface area (TPSA) is 108 Å². The quantitative estimate of drug-likeness (QED) is 0.592. The van der Waals surface area contributed by atoms with E-state index in [4.69, 9.17) is 0 Å². The Morgan fingerprint density at radius 2 is 1.77 bits per heavy atom. The van der Waals surface area contributed by atoms with E-state index in [-0.39, 0.29) is 57.9 Å². The number of nitrogens with zero attached hydrogens (tertiary/aromatic N) is 1. The van der Waals surface area contributed by atoms with Crippen molar-refractivity contribution in [3.63, 3.8) is 0 Å². The fourth-order valence-corrected chi connectivity index (χ4v) is 10.1. The van der Waals surface area contributed by atoms with Crippen LogP contribution in [0.5, 0.6) is 0 Å². The number of hydrogen-bond donors (Lipinski definition) is 2. The summed E-state index contributed by atoms with van der Waals surface area (Å²) in [5.41, 5.74) is 2.28. The molecule has 1 aromatic carbocycles. The second-order valence-corrected chi connectivity index (χ2v) is 13.1. The average Bonchev–Trinajstić information content (AvgIpc) is 3.52. The molecular weight excluding hydrogens is 484 g/mol. The number of likely N-dealkylation sites (tertiary alicyclic amines) is 1. The highest BCUT2D eigenvalue weighted by molar-refractivity contribution is 8.00. The Bertz CT molecular complexity index is 1280. The zero-order valence-corrected chi connectivity index (χ0v) is 21.4. The Balaban J connectivity index is 1.42. The van der Waals surface area contributed by atoms with Gasteiger partial charge in [-0.1, -0.05) is 55.0 Å². The van der Waals surface area contributed by atoms with Gasteiger partial charge in [-0.3, -0.25) is 19.3 Å². The van der Waals surface area contributed by atoms with Crippen molar-refractivity contribution >= 4 is 40.9 Å². The molecule has 4 aliphatic rings. The minimum Gasteiger partial charge on any atom is -0.480 e. The van der Waals surface area contributed by atoms with Gasteiger partial charge in [0, 0.05) is 16.0 Å². The van der Waals surface area contributed by atoms with Crippen molar-refractivity contribution in [2.24, 2.45) is 35.5 Å². The number of rotatable bonds is 5. The SMILES string of the molecule is Cc1ccc([C@@H]2c3sc(=O)[nH]c3S[C@@H]3[C@H]4C[C@@H]([C@@H]5C(=O)N([C@H](CC(C)C)C(=O)O)C(=O)[C@H]45)[C@H]23)cc1. The number of carboxylic acid groups (broad SMARTS) is 1. The molecule has 2 amide bonds. The monoisotopic (exact) mass is 512 g/mol. The van der Waals surface area contributed by atoms with Gasteiger partial charge < -0.3 is 10.1 Å². The summed E-state index contributed by atoms with van der Waals surface area (Å²) >= 11 is 2.89. The maximum absolute atomic E-state index is 13.7. The van der Waals surface area contributed by atoms with Gasteiger partial charge in [0.05, 0.1) is 16.9 Å². The van der Waals surface area contributed by atoms with E-state index in [1.165, 1.54) is 11.3 Å². The Morgan fingerprint density at radius 1 is 1.11 bits per heavy atom. The number of fused-ring (bicyclic) bond motifs is 9. The van der Waals surface area contributed by atoms with E-state index in [0.717, 1.165) is 32.4 Å². The van der Waals surface area contributed by atoms with Gasteiger partial charge >= 0.3 is 10.8 Å². The molecule has 0 spiro atoms. The number of aromatic nitrogens is 1. The van der Waals surface area contributed by atoms with Crippen molar-refractivity contribution in [3.8, 4) is 0 Å². The van der Waals surface area contributed by atoms with Gasteiger partial charge in [-0.05, 0) is 49.0 Å². The van der Waals surface area contributed by atoms with Crippen molar-refractivity contribution < 1.29 is 19.5 Å². The van der Waals surface area contributed by atoms with E-state index >= 15 is 0 Å². The van der Waals surface area contributed by atoms with Gasteiger partial charge in [0.15, 0.2) is 0 Å². The summed E-state index contributed by atoms with van der Waals surface area (Å²) in [6, 6.07) is 7.27. The van der Waals surface area contributed by atoms with Crippen LogP contribution in [0.15, 0.2) is 34.1 Å². The van der Waals surface area contributed by atoms with Crippen LogP contribution in [0.2, 0.25) is 0 Å². The number of imide groups is 1. The molecule has 2 N–H and O–H groups in total. The minimum atomic E-state index is -1.11. The summed E-state index contributed by atoms with van der Waals surface area (Å²) in [6.07, 6.45) is 1.06. The summed E-state index contributed by atoms with van der Waals surface area (Å²) in [5, 5.41) is 10.9. The normalized spacial score (nSPS) is 33.7. The molecule has 3 fully saturated rings. The summed E-state index contributed by atoms with van der Waals surface area (Å²) < 4.78 is 0. The van der Waals surface area contributed by atoms with Crippen molar-refractivity contribution in [1.29, 1.82) is 0 Å². The molecule has 9 heteroatoms. The number of amides is 2. The van der Waals surface area contributed by atoms with E-state index in [2.05, 4.69) is 29.2 Å². The fourth-order valence-electron chi connectivity index (χ4n) is 7.26. The highest BCUT2D eigenvalue weighted by Gasteiger charge is 2.70. The van der Waals surface area contributed by atoms with Gasteiger partial charge in [0.2, 0.25) is 11.8 Å². The molecule has 3 heterocycles. The van der Waals surface area contributed by atoms with Crippen LogP contribution in [0.1, 0.15) is 48.6 Å². The first-order valence-corrected chi connectivity index (χ1v) is 13.9. The number of thioether (sulfide) groups is 1. The highest BCUT2D eigenvalue weighted by atomic mass is 32.2. The highest BCUT2D eigenvalue weighted by Crippen LogP contribution is 2.68. The van der Waals surface area contributed by atoms with Crippen molar-refractivity contribution in [2.45, 2.75) is 55.8 Å². The first-order chi connectivity index (χ1) is 16.7. The maximum atomic E-state index is 13.7. The Labute approximate surface area is 211 Å². The van der Waals surface area contributed by atoms with Crippen LogP contribution in [0.4, 0.5) is 0 Å². The predicted octanol–water partition coefficient (Wildman–Crippen LogP) is 3.72. The average molecular weight is 513 g/mol. The summed E-state index contributed by atoms with van der Waals surface area (Å²) in [5.74, 6) is -2.50. The van der Waals surface area contributed by atoms with Crippen LogP contribution < -0.4 is 4.87 Å². The van der Waals surface area contributed by atoms with E-state index in [0.29, 0.717) is 0 Å². The van der Waals surface area contributed by atoms with Crippen LogP contribution in [-0.2, 0) is 14.4 Å². The molecule has 2 aliphatic carbocycles. The molecule has 2 aliphatic heterocycles. The van der Waals surface area contributed by atoms with Crippen molar-refractivity contribution in [1.82, 2.24) is 9.88 Å². The number of hydrogen-bond acceptors (Lipinski definition) is 6.